The van der Waals surface area contributed by atoms with Crippen molar-refractivity contribution in [2.45, 2.75) is 12.6 Å². The Morgan fingerprint density at radius 2 is 1.91 bits per heavy atom. The molecule has 1 aromatic rings. The topological polar surface area (TPSA) is 105 Å². The number of esters is 1. The van der Waals surface area contributed by atoms with Crippen LogP contribution in [0.25, 0.3) is 0 Å². The summed E-state index contributed by atoms with van der Waals surface area (Å²) in [6.45, 7) is -0.825. The van der Waals surface area contributed by atoms with Gasteiger partial charge in [0.15, 0.2) is 6.04 Å². The number of rotatable bonds is 7. The van der Waals surface area contributed by atoms with Gasteiger partial charge in [0, 0.05) is 7.05 Å². The number of nitrogens with one attached hydrogen (secondary N) is 1. The third kappa shape index (κ3) is 6.35. The van der Waals surface area contributed by atoms with Gasteiger partial charge in [-0.3, -0.25) is 4.79 Å². The second-order valence-corrected chi connectivity index (χ2v) is 4.72. The predicted octanol–water partition coefficient (Wildman–Crippen LogP) is -0.0949. The Morgan fingerprint density at radius 3 is 2.48 bits per heavy atom. The number of ether oxygens (including phenoxy) is 2. The fourth-order valence-corrected chi connectivity index (χ4v) is 1.67. The Kier molecular flexibility index (Phi) is 7.55. The second-order valence-electron chi connectivity index (χ2n) is 4.72. The minimum atomic E-state index is -1.17. The average Bonchev–Trinajstić information content (AvgIpc) is 2.57. The fourth-order valence-electron chi connectivity index (χ4n) is 1.67. The van der Waals surface area contributed by atoms with Crippen molar-refractivity contribution in [3.8, 4) is 0 Å². The minimum Gasteiger partial charge on any atom is -0.467 e. The normalized spacial score (nSPS) is 11.3. The highest BCUT2D eigenvalue weighted by Crippen LogP contribution is 2.02. The summed E-state index contributed by atoms with van der Waals surface area (Å²) in [5.74, 6) is -1.39. The fraction of sp³-hybridized carbons (Fsp3) is 0.400. The molecule has 0 saturated heterocycles. The van der Waals surface area contributed by atoms with E-state index in [1.807, 2.05) is 30.3 Å². The molecule has 23 heavy (non-hydrogen) atoms. The molecule has 0 radical (unpaired) electrons. The zero-order chi connectivity index (χ0) is 17.2. The van der Waals surface area contributed by atoms with E-state index in [9.17, 15) is 14.4 Å². The first kappa shape index (κ1) is 18.4. The minimum absolute atomic E-state index is 0.0903. The lowest BCUT2D eigenvalue weighted by Gasteiger charge is -2.19. The van der Waals surface area contributed by atoms with E-state index in [1.165, 1.54) is 7.05 Å². The van der Waals surface area contributed by atoms with Crippen LogP contribution in [0.15, 0.2) is 30.3 Å². The van der Waals surface area contributed by atoms with Crippen molar-refractivity contribution in [3.05, 3.63) is 35.9 Å². The van der Waals surface area contributed by atoms with Crippen LogP contribution in [0.1, 0.15) is 5.56 Å². The molecule has 1 unspecified atom stereocenters. The Bertz CT molecular complexity index is 534. The summed E-state index contributed by atoms with van der Waals surface area (Å²) in [5, 5.41) is 11.3. The number of aliphatic hydroxyl groups is 1. The Balaban J connectivity index is 2.41. The number of likely N-dealkylation sites (N-methyl/N-ethyl adjacent to an activating group) is 1. The van der Waals surface area contributed by atoms with E-state index in [0.717, 1.165) is 17.6 Å². The van der Waals surface area contributed by atoms with Crippen LogP contribution in [-0.4, -0.2) is 61.3 Å². The molecule has 0 heterocycles. The summed E-state index contributed by atoms with van der Waals surface area (Å²) in [5.41, 5.74) is 0.824. The van der Waals surface area contributed by atoms with Crippen LogP contribution in [0, 0.1) is 0 Å². The second kappa shape index (κ2) is 9.42. The zero-order valence-electron chi connectivity index (χ0n) is 13.0. The number of carbonyl (C=O) groups is 3. The largest absolute Gasteiger partial charge is 0.467 e. The first-order chi connectivity index (χ1) is 11.0. The van der Waals surface area contributed by atoms with Gasteiger partial charge in [-0.25, -0.2) is 9.59 Å². The third-order valence-electron chi connectivity index (χ3n) is 2.90. The molecule has 1 atom stereocenters. The SMILES string of the molecule is COC(=O)C(CO)NC(=O)CN(C)C(=O)OCc1ccccc1. The van der Waals surface area contributed by atoms with Gasteiger partial charge in [-0.15, -0.1) is 0 Å². The molecule has 0 aromatic heterocycles. The van der Waals surface area contributed by atoms with Crippen molar-refractivity contribution in [3.63, 3.8) is 0 Å². The van der Waals surface area contributed by atoms with Gasteiger partial charge in [0.05, 0.1) is 13.7 Å². The molecule has 0 bridgehead atoms. The molecule has 0 aliphatic carbocycles. The van der Waals surface area contributed by atoms with E-state index in [4.69, 9.17) is 9.84 Å². The number of hydrogen-bond acceptors (Lipinski definition) is 6. The standard InChI is InChI=1S/C15H20N2O6/c1-17(8-13(19)16-12(9-18)14(20)22-2)15(21)23-10-11-6-4-3-5-7-11/h3-7,12,18H,8-10H2,1-2H3,(H,16,19). The molecule has 8 heteroatoms. The Morgan fingerprint density at radius 1 is 1.26 bits per heavy atom. The monoisotopic (exact) mass is 324 g/mol. The molecule has 2 N–H and O–H groups in total. The lowest BCUT2D eigenvalue weighted by atomic mass is 10.2. The summed E-state index contributed by atoms with van der Waals surface area (Å²) in [4.78, 5) is 35.8. The van der Waals surface area contributed by atoms with Crippen molar-refractivity contribution >= 4 is 18.0 Å². The van der Waals surface area contributed by atoms with E-state index in [2.05, 4.69) is 10.1 Å². The van der Waals surface area contributed by atoms with Gasteiger partial charge in [-0.2, -0.15) is 0 Å². The van der Waals surface area contributed by atoms with Crippen molar-refractivity contribution in [2.24, 2.45) is 0 Å². The molecule has 1 rings (SSSR count). The lowest BCUT2D eigenvalue weighted by molar-refractivity contribution is -0.146. The van der Waals surface area contributed by atoms with Crippen molar-refractivity contribution in [1.29, 1.82) is 0 Å². The van der Waals surface area contributed by atoms with Gasteiger partial charge in [0.25, 0.3) is 0 Å². The van der Waals surface area contributed by atoms with Crippen LogP contribution in [-0.2, 0) is 25.7 Å². The first-order valence-electron chi connectivity index (χ1n) is 6.87. The molecular formula is C15H20N2O6. The summed E-state index contributed by atoms with van der Waals surface area (Å²) >= 11 is 0. The van der Waals surface area contributed by atoms with Crippen LogP contribution in [0.5, 0.6) is 0 Å². The van der Waals surface area contributed by atoms with Gasteiger partial charge in [-0.05, 0) is 5.56 Å². The van der Waals surface area contributed by atoms with E-state index in [1.54, 1.807) is 0 Å². The van der Waals surface area contributed by atoms with Gasteiger partial charge >= 0.3 is 12.1 Å². The highest BCUT2D eigenvalue weighted by Gasteiger charge is 2.22. The van der Waals surface area contributed by atoms with E-state index >= 15 is 0 Å². The summed E-state index contributed by atoms with van der Waals surface area (Å²) in [6.07, 6.45) is -0.678. The molecule has 0 aliphatic rings. The number of benzene rings is 1. The van der Waals surface area contributed by atoms with E-state index in [0.29, 0.717) is 0 Å². The number of aliphatic hydroxyl groups excluding tert-OH is 1. The third-order valence-corrected chi connectivity index (χ3v) is 2.90. The van der Waals surface area contributed by atoms with Crippen molar-refractivity contribution in [2.75, 3.05) is 27.3 Å². The van der Waals surface area contributed by atoms with Crippen LogP contribution in [0.2, 0.25) is 0 Å². The zero-order valence-corrected chi connectivity index (χ0v) is 13.0. The first-order valence-corrected chi connectivity index (χ1v) is 6.87. The molecule has 0 aliphatic heterocycles. The van der Waals surface area contributed by atoms with E-state index < -0.39 is 30.6 Å². The summed E-state index contributed by atoms with van der Waals surface area (Å²) < 4.78 is 9.48. The lowest BCUT2D eigenvalue weighted by Crippen LogP contribution is -2.48. The maximum Gasteiger partial charge on any atom is 0.410 e. The molecular weight excluding hydrogens is 304 g/mol. The number of nitrogens with zero attached hydrogens (tertiary/aromatic N) is 1. The quantitative estimate of drug-likeness (QED) is 0.679. The molecule has 0 spiro atoms. The number of methoxy groups -OCH3 is 1. The van der Waals surface area contributed by atoms with Crippen LogP contribution in [0.3, 0.4) is 0 Å². The highest BCUT2D eigenvalue weighted by atomic mass is 16.6. The highest BCUT2D eigenvalue weighted by molar-refractivity contribution is 5.87. The Labute approximate surface area is 134 Å². The molecule has 0 saturated carbocycles. The van der Waals surface area contributed by atoms with Gasteiger partial charge in [0.2, 0.25) is 5.91 Å². The van der Waals surface area contributed by atoms with Gasteiger partial charge < -0.3 is 24.8 Å². The number of carbonyl (C=O) groups excluding carboxylic acids is 3. The molecule has 2 amide bonds. The number of amides is 2. The maximum atomic E-state index is 11.8. The summed E-state index contributed by atoms with van der Waals surface area (Å²) in [7, 11) is 2.53. The van der Waals surface area contributed by atoms with Crippen LogP contribution < -0.4 is 5.32 Å². The van der Waals surface area contributed by atoms with Crippen molar-refractivity contribution < 1.29 is 29.0 Å². The summed E-state index contributed by atoms with van der Waals surface area (Å²) in [6, 6.07) is 7.94. The van der Waals surface area contributed by atoms with Gasteiger partial charge in [0.1, 0.15) is 13.2 Å². The molecule has 1 aromatic carbocycles. The van der Waals surface area contributed by atoms with Crippen LogP contribution in [0.4, 0.5) is 4.79 Å². The average molecular weight is 324 g/mol. The smallest absolute Gasteiger partial charge is 0.410 e. The molecule has 0 fully saturated rings. The maximum absolute atomic E-state index is 11.8. The van der Waals surface area contributed by atoms with Crippen LogP contribution >= 0.6 is 0 Å². The van der Waals surface area contributed by atoms with E-state index in [-0.39, 0.29) is 13.2 Å². The molecule has 126 valence electrons. The number of hydrogen-bond donors (Lipinski definition) is 2. The predicted molar refractivity (Wildman–Crippen MR) is 80.3 cm³/mol. The van der Waals surface area contributed by atoms with Gasteiger partial charge in [-0.1, -0.05) is 30.3 Å². The molecule has 8 nitrogen and oxygen atoms in total. The Hall–Kier alpha value is -2.61. The van der Waals surface area contributed by atoms with Crippen molar-refractivity contribution in [1.82, 2.24) is 10.2 Å².